The highest BCUT2D eigenvalue weighted by Crippen LogP contribution is 2.28. The molecule has 3 aromatic heterocycles. The van der Waals surface area contributed by atoms with Crippen LogP contribution in [0.3, 0.4) is 0 Å². The van der Waals surface area contributed by atoms with E-state index >= 15 is 0 Å². The molecule has 7 nitrogen and oxygen atoms in total. The van der Waals surface area contributed by atoms with E-state index in [2.05, 4.69) is 49.2 Å². The summed E-state index contributed by atoms with van der Waals surface area (Å²) in [5, 5.41) is 17.9. The molecule has 0 unspecified atom stereocenters. The molecule has 5 rings (SSSR count). The molecule has 0 aliphatic heterocycles. The van der Waals surface area contributed by atoms with Gasteiger partial charge >= 0.3 is 0 Å². The molecule has 2 aromatic carbocycles. The van der Waals surface area contributed by atoms with Crippen molar-refractivity contribution in [1.82, 2.24) is 24.9 Å². The third-order valence-electron chi connectivity index (χ3n) is 5.10. The first-order valence-electron chi connectivity index (χ1n) is 10.4. The fourth-order valence-electron chi connectivity index (χ4n) is 3.38. The van der Waals surface area contributed by atoms with Gasteiger partial charge in [-0.2, -0.15) is 16.3 Å². The predicted molar refractivity (Wildman–Crippen MR) is 129 cm³/mol. The van der Waals surface area contributed by atoms with E-state index in [4.69, 9.17) is 9.26 Å². The number of nitrogens with zero attached hydrogens (tertiary/aromatic N) is 5. The van der Waals surface area contributed by atoms with Crippen molar-refractivity contribution in [2.45, 2.75) is 23.9 Å². The fourth-order valence-corrected chi connectivity index (χ4v) is 4.82. The molecule has 9 heteroatoms. The van der Waals surface area contributed by atoms with E-state index in [0.29, 0.717) is 17.5 Å². The fraction of sp³-hybridized carbons (Fsp3) is 0.167. The maximum absolute atomic E-state index is 5.41. The monoisotopic (exact) mass is 475 g/mol. The van der Waals surface area contributed by atoms with Crippen LogP contribution in [0.1, 0.15) is 11.4 Å². The van der Waals surface area contributed by atoms with E-state index in [-0.39, 0.29) is 0 Å². The van der Waals surface area contributed by atoms with Crippen molar-refractivity contribution in [1.29, 1.82) is 0 Å². The maximum Gasteiger partial charge on any atom is 0.258 e. The Morgan fingerprint density at radius 2 is 1.85 bits per heavy atom. The zero-order valence-corrected chi connectivity index (χ0v) is 19.6. The number of methoxy groups -OCH3 is 1. The Labute approximate surface area is 199 Å². The third-order valence-corrected chi connectivity index (χ3v) is 6.74. The quantitative estimate of drug-likeness (QED) is 0.257. The lowest BCUT2D eigenvalue weighted by Crippen LogP contribution is -2.05. The van der Waals surface area contributed by atoms with Gasteiger partial charge in [0.05, 0.1) is 18.4 Å². The Morgan fingerprint density at radius 3 is 2.61 bits per heavy atom. The van der Waals surface area contributed by atoms with Crippen LogP contribution in [0.25, 0.3) is 22.8 Å². The van der Waals surface area contributed by atoms with E-state index in [1.807, 2.05) is 47.2 Å². The molecule has 166 valence electrons. The van der Waals surface area contributed by atoms with Crippen molar-refractivity contribution in [3.8, 4) is 28.6 Å². The zero-order valence-electron chi connectivity index (χ0n) is 17.9. The summed E-state index contributed by atoms with van der Waals surface area (Å²) in [5.74, 6) is 3.34. The highest BCUT2D eigenvalue weighted by Gasteiger charge is 2.17. The largest absolute Gasteiger partial charge is 0.497 e. The van der Waals surface area contributed by atoms with Gasteiger partial charge in [0, 0.05) is 17.5 Å². The van der Waals surface area contributed by atoms with Crippen LogP contribution in [0.5, 0.6) is 5.75 Å². The van der Waals surface area contributed by atoms with Crippen molar-refractivity contribution in [2.75, 3.05) is 7.11 Å². The van der Waals surface area contributed by atoms with E-state index < -0.39 is 0 Å². The Morgan fingerprint density at radius 1 is 1.00 bits per heavy atom. The van der Waals surface area contributed by atoms with Crippen molar-refractivity contribution >= 4 is 23.1 Å². The summed E-state index contributed by atoms with van der Waals surface area (Å²) in [5.41, 5.74) is 3.19. The number of hydrogen-bond donors (Lipinski definition) is 0. The second kappa shape index (κ2) is 10.0. The SMILES string of the molecule is COc1ccc(-c2nnc(SCc3noc(-c4ccsc4)n3)n2CCc2ccccc2)cc1. The van der Waals surface area contributed by atoms with Crippen LogP contribution in [0.4, 0.5) is 0 Å². The van der Waals surface area contributed by atoms with Gasteiger partial charge in [0.1, 0.15) is 5.75 Å². The van der Waals surface area contributed by atoms with Crippen LogP contribution in [-0.2, 0) is 18.7 Å². The first kappa shape index (κ1) is 21.4. The number of ether oxygens (including phenoxy) is 1. The summed E-state index contributed by atoms with van der Waals surface area (Å²) >= 11 is 3.15. The molecule has 0 aliphatic rings. The predicted octanol–water partition coefficient (Wildman–Crippen LogP) is 5.60. The molecular weight excluding hydrogens is 454 g/mol. The standard InChI is InChI=1S/C24H21N5O2S2/c1-30-20-9-7-18(8-10-20)22-26-27-24(29(22)13-11-17-5-3-2-4-6-17)33-16-21-25-23(31-28-21)19-12-14-32-15-19/h2-10,12,14-15H,11,13,16H2,1H3. The molecule has 0 radical (unpaired) electrons. The van der Waals surface area contributed by atoms with Crippen molar-refractivity contribution < 1.29 is 9.26 Å². The highest BCUT2D eigenvalue weighted by molar-refractivity contribution is 7.98. The van der Waals surface area contributed by atoms with Gasteiger partial charge in [0.15, 0.2) is 16.8 Å². The first-order chi connectivity index (χ1) is 16.3. The van der Waals surface area contributed by atoms with Crippen molar-refractivity contribution in [2.24, 2.45) is 0 Å². The van der Waals surface area contributed by atoms with Gasteiger partial charge in [-0.25, -0.2) is 0 Å². The molecular formula is C24H21N5O2S2. The van der Waals surface area contributed by atoms with Crippen LogP contribution in [0.2, 0.25) is 0 Å². The molecule has 0 amide bonds. The number of benzene rings is 2. The molecule has 0 saturated heterocycles. The van der Waals surface area contributed by atoms with Crippen molar-refractivity contribution in [3.63, 3.8) is 0 Å². The minimum atomic E-state index is 0.538. The van der Waals surface area contributed by atoms with Gasteiger partial charge in [-0.05, 0) is 47.7 Å². The highest BCUT2D eigenvalue weighted by atomic mass is 32.2. The number of thioether (sulfide) groups is 1. The Kier molecular flexibility index (Phi) is 6.50. The lowest BCUT2D eigenvalue weighted by molar-refractivity contribution is 0.415. The van der Waals surface area contributed by atoms with Crippen molar-refractivity contribution in [3.05, 3.63) is 82.8 Å². The zero-order chi connectivity index (χ0) is 22.5. The van der Waals surface area contributed by atoms with Gasteiger partial charge in [0.2, 0.25) is 0 Å². The molecule has 0 bridgehead atoms. The van der Waals surface area contributed by atoms with Crippen LogP contribution in [-0.4, -0.2) is 32.0 Å². The summed E-state index contributed by atoms with van der Waals surface area (Å²) in [6.07, 6.45) is 0.875. The van der Waals surface area contributed by atoms with E-state index in [1.165, 1.54) is 5.56 Å². The minimum absolute atomic E-state index is 0.538. The molecule has 0 aliphatic carbocycles. The molecule has 3 heterocycles. The van der Waals surface area contributed by atoms with E-state index in [1.54, 1.807) is 30.2 Å². The average molecular weight is 476 g/mol. The smallest absolute Gasteiger partial charge is 0.258 e. The molecule has 33 heavy (non-hydrogen) atoms. The Hall–Kier alpha value is -3.43. The number of aryl methyl sites for hydroxylation is 1. The minimum Gasteiger partial charge on any atom is -0.497 e. The van der Waals surface area contributed by atoms with Crippen LogP contribution in [0.15, 0.2) is 81.1 Å². The lowest BCUT2D eigenvalue weighted by Gasteiger charge is -2.10. The summed E-state index contributed by atoms with van der Waals surface area (Å²) < 4.78 is 12.9. The molecule has 0 fully saturated rings. The van der Waals surface area contributed by atoms with Gasteiger partial charge < -0.3 is 13.8 Å². The van der Waals surface area contributed by atoms with E-state index in [0.717, 1.165) is 40.8 Å². The second-order valence-electron chi connectivity index (χ2n) is 7.24. The van der Waals surface area contributed by atoms with Crippen LogP contribution >= 0.6 is 23.1 Å². The average Bonchev–Trinajstić information content (AvgIpc) is 3.63. The Bertz CT molecular complexity index is 1300. The summed E-state index contributed by atoms with van der Waals surface area (Å²) in [6.45, 7) is 0.757. The number of aromatic nitrogens is 5. The van der Waals surface area contributed by atoms with Crippen LogP contribution < -0.4 is 4.74 Å². The number of hydrogen-bond acceptors (Lipinski definition) is 8. The normalized spacial score (nSPS) is 11.1. The lowest BCUT2D eigenvalue weighted by atomic mass is 10.1. The van der Waals surface area contributed by atoms with Gasteiger partial charge in [-0.15, -0.1) is 10.2 Å². The first-order valence-corrected chi connectivity index (χ1v) is 12.3. The molecule has 0 spiro atoms. The number of rotatable bonds is 9. The molecule has 0 atom stereocenters. The van der Waals surface area contributed by atoms with E-state index in [9.17, 15) is 0 Å². The summed E-state index contributed by atoms with van der Waals surface area (Å²) in [7, 11) is 1.66. The number of thiophene rings is 1. The van der Waals surface area contributed by atoms with Crippen LogP contribution in [0, 0.1) is 0 Å². The summed E-state index contributed by atoms with van der Waals surface area (Å²) in [6, 6.07) is 20.3. The molecule has 5 aromatic rings. The second-order valence-corrected chi connectivity index (χ2v) is 8.96. The molecule has 0 saturated carbocycles. The van der Waals surface area contributed by atoms with Gasteiger partial charge in [-0.3, -0.25) is 0 Å². The van der Waals surface area contributed by atoms with Gasteiger partial charge in [-0.1, -0.05) is 47.3 Å². The third kappa shape index (κ3) is 4.99. The topological polar surface area (TPSA) is 78.9 Å². The molecule has 0 N–H and O–H groups in total. The summed E-state index contributed by atoms with van der Waals surface area (Å²) in [4.78, 5) is 4.51. The van der Waals surface area contributed by atoms with Gasteiger partial charge in [0.25, 0.3) is 5.89 Å². The maximum atomic E-state index is 5.41. The Balaban J connectivity index is 1.37.